The van der Waals surface area contributed by atoms with E-state index in [0.717, 1.165) is 10.9 Å². The summed E-state index contributed by atoms with van der Waals surface area (Å²) in [5, 5.41) is 7.01. The summed E-state index contributed by atoms with van der Waals surface area (Å²) in [6, 6.07) is 0.528. The molecule has 2 N–H and O–H groups in total. The van der Waals surface area contributed by atoms with Gasteiger partial charge in [-0.2, -0.15) is 0 Å². The monoisotopic (exact) mass is 243 g/mol. The minimum atomic E-state index is 0.0468. The largest absolute Gasteiger partial charge is 0.362 e. The maximum Gasteiger partial charge on any atom is 0.221 e. The Kier molecular flexibility index (Phi) is 5.66. The zero-order chi connectivity index (χ0) is 12.0. The molecule has 1 rings (SSSR count). The lowest BCUT2D eigenvalue weighted by Crippen LogP contribution is -2.41. The molecule has 1 heterocycles. The van der Waals surface area contributed by atoms with E-state index in [1.807, 2.05) is 0 Å². The van der Waals surface area contributed by atoms with Crippen molar-refractivity contribution in [1.82, 2.24) is 10.6 Å². The summed E-state index contributed by atoms with van der Waals surface area (Å²) in [5.41, 5.74) is 0. The normalized spacial score (nSPS) is 23.2. The summed E-state index contributed by atoms with van der Waals surface area (Å²) >= 11 is 1.75. The van der Waals surface area contributed by atoms with Gasteiger partial charge < -0.3 is 10.6 Å². The molecular weight excluding hydrogens is 222 g/mol. The number of nitrogens with zero attached hydrogens (tertiary/aromatic N) is 1. The van der Waals surface area contributed by atoms with Crippen molar-refractivity contribution in [2.45, 2.75) is 32.7 Å². The number of nitrogens with one attached hydrogen (secondary N) is 2. The van der Waals surface area contributed by atoms with Gasteiger partial charge in [-0.3, -0.25) is 9.79 Å². The first kappa shape index (κ1) is 13.4. The third-order valence-corrected chi connectivity index (χ3v) is 3.61. The van der Waals surface area contributed by atoms with E-state index in [9.17, 15) is 4.79 Å². The molecule has 0 aromatic rings. The second-order valence-electron chi connectivity index (χ2n) is 4.24. The van der Waals surface area contributed by atoms with Crippen molar-refractivity contribution in [3.63, 3.8) is 0 Å². The van der Waals surface area contributed by atoms with Crippen LogP contribution in [0.2, 0.25) is 0 Å². The third-order valence-electron chi connectivity index (χ3n) is 2.65. The fourth-order valence-electron chi connectivity index (χ4n) is 1.53. The quantitative estimate of drug-likeness (QED) is 0.781. The van der Waals surface area contributed by atoms with Crippen molar-refractivity contribution in [3.05, 3.63) is 0 Å². The second-order valence-corrected chi connectivity index (χ2v) is 5.33. The SMILES string of the molecule is CNC(=O)CCN=C1NC(C(C)C)CCS1. The molecule has 0 saturated carbocycles. The number of aliphatic imine (C=N–C) groups is 1. The van der Waals surface area contributed by atoms with Crippen LogP contribution >= 0.6 is 11.8 Å². The van der Waals surface area contributed by atoms with Crippen LogP contribution in [0.25, 0.3) is 0 Å². The Morgan fingerprint density at radius 2 is 2.44 bits per heavy atom. The summed E-state index contributed by atoms with van der Waals surface area (Å²) in [6.07, 6.45) is 1.66. The number of carbonyl (C=O) groups excluding carboxylic acids is 1. The first-order valence-electron chi connectivity index (χ1n) is 5.78. The van der Waals surface area contributed by atoms with Crippen LogP contribution in [0.15, 0.2) is 4.99 Å². The van der Waals surface area contributed by atoms with Gasteiger partial charge in [0, 0.05) is 25.3 Å². The topological polar surface area (TPSA) is 53.5 Å². The van der Waals surface area contributed by atoms with E-state index >= 15 is 0 Å². The Balaban J connectivity index is 2.35. The third kappa shape index (κ3) is 4.43. The zero-order valence-electron chi connectivity index (χ0n) is 10.2. The van der Waals surface area contributed by atoms with Gasteiger partial charge in [-0.25, -0.2) is 0 Å². The van der Waals surface area contributed by atoms with Crippen molar-refractivity contribution >= 4 is 22.8 Å². The average Bonchev–Trinajstić information content (AvgIpc) is 2.29. The van der Waals surface area contributed by atoms with E-state index in [-0.39, 0.29) is 5.91 Å². The van der Waals surface area contributed by atoms with Gasteiger partial charge >= 0.3 is 0 Å². The first-order valence-corrected chi connectivity index (χ1v) is 6.76. The van der Waals surface area contributed by atoms with Crippen LogP contribution in [0.5, 0.6) is 0 Å². The number of amidine groups is 1. The van der Waals surface area contributed by atoms with Crippen LogP contribution in [0, 0.1) is 5.92 Å². The molecule has 4 nitrogen and oxygen atoms in total. The van der Waals surface area contributed by atoms with Gasteiger partial charge in [0.15, 0.2) is 5.17 Å². The van der Waals surface area contributed by atoms with Gasteiger partial charge in [0.2, 0.25) is 5.91 Å². The highest BCUT2D eigenvalue weighted by atomic mass is 32.2. The maximum absolute atomic E-state index is 11.0. The summed E-state index contributed by atoms with van der Waals surface area (Å²) in [4.78, 5) is 15.4. The van der Waals surface area contributed by atoms with E-state index in [1.165, 1.54) is 6.42 Å². The van der Waals surface area contributed by atoms with Gasteiger partial charge in [0.1, 0.15) is 0 Å². The molecule has 1 atom stereocenters. The maximum atomic E-state index is 11.0. The molecule has 0 spiro atoms. The van der Waals surface area contributed by atoms with Crippen LogP contribution in [0.3, 0.4) is 0 Å². The van der Waals surface area contributed by atoms with E-state index < -0.39 is 0 Å². The van der Waals surface area contributed by atoms with Crippen molar-refractivity contribution in [2.75, 3.05) is 19.3 Å². The zero-order valence-corrected chi connectivity index (χ0v) is 11.1. The number of hydrogen-bond donors (Lipinski definition) is 2. The van der Waals surface area contributed by atoms with Crippen molar-refractivity contribution in [3.8, 4) is 0 Å². The predicted octanol–water partition coefficient (Wildman–Crippen LogP) is 1.23. The molecule has 16 heavy (non-hydrogen) atoms. The molecule has 1 fully saturated rings. The molecule has 1 saturated heterocycles. The minimum absolute atomic E-state index is 0.0468. The molecule has 0 aromatic carbocycles. The molecule has 92 valence electrons. The number of carbonyl (C=O) groups is 1. The number of amides is 1. The summed E-state index contributed by atoms with van der Waals surface area (Å²) in [6.45, 7) is 5.01. The lowest BCUT2D eigenvalue weighted by atomic mass is 10.0. The molecule has 0 aromatic heterocycles. The van der Waals surface area contributed by atoms with Crippen molar-refractivity contribution in [1.29, 1.82) is 0 Å². The molecule has 1 amide bonds. The first-order chi connectivity index (χ1) is 7.63. The molecule has 0 radical (unpaired) electrons. The fourth-order valence-corrected chi connectivity index (χ4v) is 2.51. The highest BCUT2D eigenvalue weighted by molar-refractivity contribution is 8.13. The Bertz CT molecular complexity index is 266. The molecule has 1 unspecified atom stereocenters. The average molecular weight is 243 g/mol. The number of rotatable bonds is 4. The Hall–Kier alpha value is -0.710. The lowest BCUT2D eigenvalue weighted by molar-refractivity contribution is -0.120. The number of hydrogen-bond acceptors (Lipinski definition) is 3. The smallest absolute Gasteiger partial charge is 0.221 e. The summed E-state index contributed by atoms with van der Waals surface area (Å²) in [7, 11) is 1.65. The van der Waals surface area contributed by atoms with E-state index in [1.54, 1.807) is 18.8 Å². The standard InChI is InChI=1S/C11H21N3OS/c1-8(2)9-5-7-16-11(14-9)13-6-4-10(15)12-3/h8-9H,4-7H2,1-3H3,(H,12,15)(H,13,14). The minimum Gasteiger partial charge on any atom is -0.362 e. The fraction of sp³-hybridized carbons (Fsp3) is 0.818. The van der Waals surface area contributed by atoms with Crippen LogP contribution in [-0.4, -0.2) is 36.5 Å². The van der Waals surface area contributed by atoms with Gasteiger partial charge in [0.05, 0.1) is 6.54 Å². The molecule has 1 aliphatic rings. The van der Waals surface area contributed by atoms with Crippen LogP contribution < -0.4 is 10.6 Å². The summed E-state index contributed by atoms with van der Waals surface area (Å²) in [5.74, 6) is 1.80. The Morgan fingerprint density at radius 1 is 1.69 bits per heavy atom. The van der Waals surface area contributed by atoms with Gasteiger partial charge in [-0.1, -0.05) is 25.6 Å². The van der Waals surface area contributed by atoms with Crippen LogP contribution in [0.4, 0.5) is 0 Å². The summed E-state index contributed by atoms with van der Waals surface area (Å²) < 4.78 is 0. The molecule has 1 aliphatic heterocycles. The van der Waals surface area contributed by atoms with E-state index in [0.29, 0.717) is 24.9 Å². The van der Waals surface area contributed by atoms with Crippen LogP contribution in [0.1, 0.15) is 26.7 Å². The van der Waals surface area contributed by atoms with E-state index in [4.69, 9.17) is 0 Å². The number of thioether (sulfide) groups is 1. The second kappa shape index (κ2) is 6.78. The van der Waals surface area contributed by atoms with Crippen molar-refractivity contribution < 1.29 is 4.79 Å². The van der Waals surface area contributed by atoms with Crippen molar-refractivity contribution in [2.24, 2.45) is 10.9 Å². The highest BCUT2D eigenvalue weighted by Gasteiger charge is 2.19. The Morgan fingerprint density at radius 3 is 3.06 bits per heavy atom. The molecule has 0 bridgehead atoms. The van der Waals surface area contributed by atoms with Crippen LogP contribution in [-0.2, 0) is 4.79 Å². The van der Waals surface area contributed by atoms with E-state index in [2.05, 4.69) is 29.5 Å². The van der Waals surface area contributed by atoms with Gasteiger partial charge in [-0.15, -0.1) is 0 Å². The van der Waals surface area contributed by atoms with Gasteiger partial charge in [0.25, 0.3) is 0 Å². The predicted molar refractivity (Wildman–Crippen MR) is 69.8 cm³/mol. The highest BCUT2D eigenvalue weighted by Crippen LogP contribution is 2.18. The molecule has 5 heteroatoms. The Labute approximate surface area is 102 Å². The molecule has 0 aliphatic carbocycles. The molecular formula is C11H21N3OS. The lowest BCUT2D eigenvalue weighted by Gasteiger charge is -2.28. The van der Waals surface area contributed by atoms with Gasteiger partial charge in [-0.05, 0) is 12.3 Å².